The minimum absolute atomic E-state index is 0.0268. The molecule has 54 heavy (non-hydrogen) atoms. The summed E-state index contributed by atoms with van der Waals surface area (Å²) in [6.07, 6.45) is 16.5. The van der Waals surface area contributed by atoms with E-state index in [1.807, 2.05) is 20.8 Å². The van der Waals surface area contributed by atoms with Gasteiger partial charge in [-0.3, -0.25) is 19.2 Å². The molecule has 0 bridgehead atoms. The van der Waals surface area contributed by atoms with Gasteiger partial charge >= 0.3 is 17.9 Å². The van der Waals surface area contributed by atoms with Crippen molar-refractivity contribution in [2.45, 2.75) is 181 Å². The zero-order valence-corrected chi connectivity index (χ0v) is 34.3. The first-order valence-electron chi connectivity index (χ1n) is 20.1. The van der Waals surface area contributed by atoms with Crippen LogP contribution in [-0.4, -0.2) is 97.5 Å². The second-order valence-electron chi connectivity index (χ2n) is 15.7. The highest BCUT2D eigenvalue weighted by Crippen LogP contribution is 2.16. The number of amides is 3. The lowest BCUT2D eigenvalue weighted by Gasteiger charge is -2.24. The number of aliphatic carboxylic acids is 1. The van der Waals surface area contributed by atoms with Gasteiger partial charge in [0.25, 0.3) is 0 Å². The van der Waals surface area contributed by atoms with E-state index in [2.05, 4.69) is 16.0 Å². The summed E-state index contributed by atoms with van der Waals surface area (Å²) in [5, 5.41) is 16.6. The third-order valence-corrected chi connectivity index (χ3v) is 7.98. The minimum Gasteiger partial charge on any atom is -0.480 e. The molecule has 0 saturated heterocycles. The molecule has 0 aromatic carbocycles. The Kier molecular flexibility index (Phi) is 29.1. The Morgan fingerprint density at radius 2 is 0.981 bits per heavy atom. The molecule has 1 atom stereocenters. The normalized spacial score (nSPS) is 12.1. The van der Waals surface area contributed by atoms with Gasteiger partial charge in [0.05, 0.1) is 19.8 Å². The number of carbonyl (C=O) groups is 6. The van der Waals surface area contributed by atoms with Crippen LogP contribution in [0.5, 0.6) is 0 Å². The monoisotopic (exact) mass is 772 g/mol. The summed E-state index contributed by atoms with van der Waals surface area (Å²) in [5.41, 5.74) is -1.16. The smallest absolute Gasteiger partial charge is 0.329 e. The van der Waals surface area contributed by atoms with E-state index in [4.69, 9.17) is 24.1 Å². The average Bonchev–Trinajstić information content (AvgIpc) is 3.05. The van der Waals surface area contributed by atoms with Gasteiger partial charge in [0, 0.05) is 38.8 Å². The maximum atomic E-state index is 12.8. The highest BCUT2D eigenvalue weighted by atomic mass is 16.6. The molecule has 0 heterocycles. The first kappa shape index (κ1) is 50.7. The maximum absolute atomic E-state index is 12.8. The van der Waals surface area contributed by atoms with Crippen LogP contribution >= 0.6 is 0 Å². The predicted octanol–water partition coefficient (Wildman–Crippen LogP) is 5.92. The van der Waals surface area contributed by atoms with E-state index < -0.39 is 35.8 Å². The molecule has 0 unspecified atom stereocenters. The summed E-state index contributed by atoms with van der Waals surface area (Å²) in [7, 11) is 0. The molecule has 0 rings (SSSR count). The Bertz CT molecular complexity index is 1070. The molecule has 0 saturated carbocycles. The zero-order valence-electron chi connectivity index (χ0n) is 34.3. The number of carbonyl (C=O) groups excluding carboxylic acids is 5. The van der Waals surface area contributed by atoms with Crippen LogP contribution in [0.1, 0.15) is 164 Å². The van der Waals surface area contributed by atoms with Crippen LogP contribution in [0.2, 0.25) is 0 Å². The summed E-state index contributed by atoms with van der Waals surface area (Å²) in [4.78, 5) is 72.1. The molecule has 4 N–H and O–H groups in total. The van der Waals surface area contributed by atoms with Gasteiger partial charge in [-0.2, -0.15) is 0 Å². The van der Waals surface area contributed by atoms with Crippen molar-refractivity contribution in [3.8, 4) is 0 Å². The van der Waals surface area contributed by atoms with Gasteiger partial charge < -0.3 is 40.0 Å². The van der Waals surface area contributed by atoms with Crippen molar-refractivity contribution in [2.24, 2.45) is 0 Å². The van der Waals surface area contributed by atoms with E-state index in [9.17, 15) is 28.8 Å². The SMILES string of the molecule is CC(C)(C)OC(=O)CCCCCCCCCCCCCCCCC(=O)N[C@@H](CCC(=O)NCCC(=O)NCCOCCOCC(=O)O)C(=O)OC(C)(C)C. The lowest BCUT2D eigenvalue weighted by molar-refractivity contribution is -0.159. The van der Waals surface area contributed by atoms with E-state index in [1.54, 1.807) is 20.8 Å². The fourth-order valence-corrected chi connectivity index (χ4v) is 5.37. The van der Waals surface area contributed by atoms with Crippen LogP contribution in [0.4, 0.5) is 0 Å². The first-order valence-corrected chi connectivity index (χ1v) is 20.1. The van der Waals surface area contributed by atoms with Crippen molar-refractivity contribution < 1.29 is 52.8 Å². The van der Waals surface area contributed by atoms with Gasteiger partial charge in [-0.05, 0) is 60.8 Å². The number of ether oxygens (including phenoxy) is 4. The van der Waals surface area contributed by atoms with Gasteiger partial charge in [0.15, 0.2) is 0 Å². The van der Waals surface area contributed by atoms with E-state index in [0.29, 0.717) is 12.8 Å². The molecule has 0 aromatic heterocycles. The van der Waals surface area contributed by atoms with Crippen LogP contribution in [0.3, 0.4) is 0 Å². The second-order valence-corrected chi connectivity index (χ2v) is 15.7. The molecule has 314 valence electrons. The summed E-state index contributed by atoms with van der Waals surface area (Å²) in [5.74, 6) is -2.62. The van der Waals surface area contributed by atoms with Gasteiger partial charge in [-0.25, -0.2) is 9.59 Å². The lowest BCUT2D eigenvalue weighted by Crippen LogP contribution is -2.44. The Morgan fingerprint density at radius 3 is 1.50 bits per heavy atom. The first-order chi connectivity index (χ1) is 25.5. The van der Waals surface area contributed by atoms with Gasteiger partial charge in [-0.1, -0.05) is 77.0 Å². The van der Waals surface area contributed by atoms with E-state index >= 15 is 0 Å². The molecule has 14 nitrogen and oxygen atoms in total. The third-order valence-electron chi connectivity index (χ3n) is 7.98. The van der Waals surface area contributed by atoms with Crippen LogP contribution in [0.25, 0.3) is 0 Å². The number of carboxylic acids is 1. The molecule has 3 amide bonds. The Morgan fingerprint density at radius 1 is 0.519 bits per heavy atom. The van der Waals surface area contributed by atoms with E-state index in [1.165, 1.54) is 51.4 Å². The van der Waals surface area contributed by atoms with Crippen molar-refractivity contribution in [3.63, 3.8) is 0 Å². The minimum atomic E-state index is -1.06. The predicted molar refractivity (Wildman–Crippen MR) is 207 cm³/mol. The maximum Gasteiger partial charge on any atom is 0.329 e. The summed E-state index contributed by atoms with van der Waals surface area (Å²) < 4.78 is 20.9. The molecular weight excluding hydrogens is 698 g/mol. The standard InChI is InChI=1S/C40H73N3O11/c1-39(2,3)53-37(49)22-20-18-16-14-12-10-8-7-9-11-13-15-17-19-21-35(46)43-32(38(50)54-40(4,5)6)23-24-33(44)41-26-25-34(45)42-27-28-51-29-30-52-31-36(47)48/h32H,7-31H2,1-6H3,(H,41,44)(H,42,45)(H,43,46)(H,47,48)/t32-/m0/s1. The zero-order chi connectivity index (χ0) is 40.7. The number of nitrogens with one attached hydrogen (secondary N) is 3. The topological polar surface area (TPSA) is 196 Å². The van der Waals surface area contributed by atoms with E-state index in [-0.39, 0.29) is 75.9 Å². The number of carboxylic acid groups (broad SMARTS) is 1. The number of esters is 2. The van der Waals surface area contributed by atoms with Gasteiger partial charge in [-0.15, -0.1) is 0 Å². The van der Waals surface area contributed by atoms with Crippen LogP contribution in [-0.2, 0) is 47.7 Å². The van der Waals surface area contributed by atoms with Gasteiger partial charge in [0.2, 0.25) is 17.7 Å². The molecule has 0 aliphatic rings. The molecule has 0 aliphatic carbocycles. The molecule has 0 radical (unpaired) electrons. The summed E-state index contributed by atoms with van der Waals surface area (Å²) >= 11 is 0. The third kappa shape index (κ3) is 35.8. The Labute approximate surface area is 324 Å². The van der Waals surface area contributed by atoms with Gasteiger partial charge in [0.1, 0.15) is 23.9 Å². The molecule has 0 aromatic rings. The molecule has 0 aliphatic heterocycles. The van der Waals surface area contributed by atoms with Crippen molar-refractivity contribution in [3.05, 3.63) is 0 Å². The molecule has 0 fully saturated rings. The number of rotatable bonds is 33. The fourth-order valence-electron chi connectivity index (χ4n) is 5.37. The summed E-state index contributed by atoms with van der Waals surface area (Å²) in [6, 6.07) is -0.954. The van der Waals surface area contributed by atoms with E-state index in [0.717, 1.165) is 38.5 Å². The van der Waals surface area contributed by atoms with Crippen LogP contribution in [0, 0.1) is 0 Å². The molecule has 0 spiro atoms. The second kappa shape index (κ2) is 31.0. The Hall–Kier alpha value is -3.26. The van der Waals surface area contributed by atoms with Crippen LogP contribution in [0.15, 0.2) is 0 Å². The molecular formula is C40H73N3O11. The largest absolute Gasteiger partial charge is 0.480 e. The Balaban J connectivity index is 4.08. The quantitative estimate of drug-likeness (QED) is 0.0457. The fraction of sp³-hybridized carbons (Fsp3) is 0.850. The van der Waals surface area contributed by atoms with Crippen LogP contribution < -0.4 is 16.0 Å². The average molecular weight is 772 g/mol. The van der Waals surface area contributed by atoms with Crippen molar-refractivity contribution in [1.29, 1.82) is 0 Å². The number of hydrogen-bond acceptors (Lipinski definition) is 10. The highest BCUT2D eigenvalue weighted by molar-refractivity contribution is 5.85. The number of unbranched alkanes of at least 4 members (excludes halogenated alkanes) is 13. The number of hydrogen-bond donors (Lipinski definition) is 4. The van der Waals surface area contributed by atoms with Crippen molar-refractivity contribution in [1.82, 2.24) is 16.0 Å². The van der Waals surface area contributed by atoms with Crippen molar-refractivity contribution >= 4 is 35.6 Å². The molecule has 14 heteroatoms. The summed E-state index contributed by atoms with van der Waals surface area (Å²) in [6.45, 7) is 11.5. The highest BCUT2D eigenvalue weighted by Gasteiger charge is 2.27. The lowest BCUT2D eigenvalue weighted by atomic mass is 10.0. The van der Waals surface area contributed by atoms with Crippen molar-refractivity contribution in [2.75, 3.05) is 39.5 Å².